The summed E-state index contributed by atoms with van der Waals surface area (Å²) in [5.74, 6) is 0.107. The minimum absolute atomic E-state index is 0.0235. The summed E-state index contributed by atoms with van der Waals surface area (Å²) < 4.78 is 14.2. The van der Waals surface area contributed by atoms with Crippen LogP contribution in [-0.2, 0) is 11.2 Å². The van der Waals surface area contributed by atoms with Crippen LogP contribution in [0.5, 0.6) is 0 Å². The number of carbonyl (C=O) groups excluding carboxylic acids is 1. The Morgan fingerprint density at radius 1 is 1.42 bits per heavy atom. The van der Waals surface area contributed by atoms with E-state index in [-0.39, 0.29) is 16.6 Å². The van der Waals surface area contributed by atoms with E-state index < -0.39 is 0 Å². The Morgan fingerprint density at radius 3 is 2.84 bits per heavy atom. The lowest BCUT2D eigenvalue weighted by atomic mass is 9.93. The summed E-state index contributed by atoms with van der Waals surface area (Å²) in [6.45, 7) is 4.26. The fraction of sp³-hybridized carbons (Fsp3) is 0.533. The maximum Gasteiger partial charge on any atom is 0.224 e. The second-order valence-corrected chi connectivity index (χ2v) is 6.23. The van der Waals surface area contributed by atoms with Gasteiger partial charge in [-0.25, -0.2) is 4.39 Å². The van der Waals surface area contributed by atoms with Gasteiger partial charge in [0.05, 0.1) is 0 Å². The summed E-state index contributed by atoms with van der Waals surface area (Å²) in [6.07, 6.45) is 3.32. The summed E-state index contributed by atoms with van der Waals surface area (Å²) in [7, 11) is 0. The van der Waals surface area contributed by atoms with Crippen molar-refractivity contribution in [1.82, 2.24) is 0 Å². The zero-order valence-electron chi connectivity index (χ0n) is 11.3. The number of anilines is 1. The van der Waals surface area contributed by atoms with Crippen LogP contribution in [0.2, 0.25) is 0 Å². The first kappa shape index (κ1) is 14.5. The van der Waals surface area contributed by atoms with Crippen LogP contribution in [0, 0.1) is 11.7 Å². The van der Waals surface area contributed by atoms with E-state index in [1.54, 1.807) is 0 Å². The van der Waals surface area contributed by atoms with Crippen LogP contribution >= 0.6 is 15.9 Å². The van der Waals surface area contributed by atoms with E-state index in [0.717, 1.165) is 18.4 Å². The lowest BCUT2D eigenvalue weighted by Gasteiger charge is -2.23. The van der Waals surface area contributed by atoms with E-state index in [0.29, 0.717) is 30.0 Å². The molecule has 0 spiro atoms. The highest BCUT2D eigenvalue weighted by molar-refractivity contribution is 9.09. The number of hydrogen-bond acceptors (Lipinski definition) is 1. The van der Waals surface area contributed by atoms with Gasteiger partial charge in [-0.15, -0.1) is 0 Å². The molecule has 1 N–H and O–H groups in total. The Bertz CT molecular complexity index is 489. The van der Waals surface area contributed by atoms with Crippen LogP contribution in [0.3, 0.4) is 0 Å². The quantitative estimate of drug-likeness (QED) is 0.805. The van der Waals surface area contributed by atoms with E-state index in [2.05, 4.69) is 35.1 Å². The molecule has 0 fully saturated rings. The van der Waals surface area contributed by atoms with Gasteiger partial charge in [0.25, 0.3) is 0 Å². The van der Waals surface area contributed by atoms with Gasteiger partial charge < -0.3 is 5.32 Å². The summed E-state index contributed by atoms with van der Waals surface area (Å²) in [5, 5.41) is 2.73. The minimum Gasteiger partial charge on any atom is -0.326 e. The second kappa shape index (κ2) is 6.04. The Morgan fingerprint density at radius 2 is 2.16 bits per heavy atom. The lowest BCUT2D eigenvalue weighted by Crippen LogP contribution is -2.20. The third-order valence-electron chi connectivity index (χ3n) is 3.66. The normalized spacial score (nSPS) is 17.6. The zero-order valence-corrected chi connectivity index (χ0v) is 12.9. The van der Waals surface area contributed by atoms with Crippen molar-refractivity contribution in [1.29, 1.82) is 0 Å². The van der Waals surface area contributed by atoms with Crippen molar-refractivity contribution >= 4 is 27.5 Å². The molecule has 1 aliphatic heterocycles. The van der Waals surface area contributed by atoms with Crippen molar-refractivity contribution in [2.45, 2.75) is 44.4 Å². The van der Waals surface area contributed by atoms with E-state index >= 15 is 0 Å². The molecule has 0 bridgehead atoms. The van der Waals surface area contributed by atoms with Crippen LogP contribution in [0.25, 0.3) is 0 Å². The molecule has 0 saturated carbocycles. The van der Waals surface area contributed by atoms with Gasteiger partial charge in [-0.2, -0.15) is 0 Å². The smallest absolute Gasteiger partial charge is 0.224 e. The number of amides is 1. The molecule has 19 heavy (non-hydrogen) atoms. The molecular formula is C15H19BrFNO. The number of benzene rings is 1. The minimum atomic E-state index is -0.245. The van der Waals surface area contributed by atoms with E-state index in [1.807, 2.05) is 6.07 Å². The first-order chi connectivity index (χ1) is 9.02. The standard InChI is InChI=1S/C15H19BrFNO/c1-3-4-9(2)15(16)11-7-10-5-6-14(19)18-13(10)8-12(11)17/h7-9,15H,3-6H2,1-2H3,(H,18,19). The maximum atomic E-state index is 14.2. The number of aryl methyl sites for hydroxylation is 1. The van der Waals surface area contributed by atoms with Crippen molar-refractivity contribution in [2.75, 3.05) is 5.32 Å². The summed E-state index contributed by atoms with van der Waals surface area (Å²) in [4.78, 5) is 11.3. The fourth-order valence-electron chi connectivity index (χ4n) is 2.54. The summed E-state index contributed by atoms with van der Waals surface area (Å²) in [6, 6.07) is 3.35. The second-order valence-electron chi connectivity index (χ2n) is 5.25. The molecule has 1 aromatic rings. The average molecular weight is 328 g/mol. The fourth-order valence-corrected chi connectivity index (χ4v) is 3.16. The highest BCUT2D eigenvalue weighted by Crippen LogP contribution is 2.38. The third kappa shape index (κ3) is 3.16. The molecule has 0 radical (unpaired) electrons. The molecule has 104 valence electrons. The van der Waals surface area contributed by atoms with Gasteiger partial charge in [0.1, 0.15) is 5.82 Å². The van der Waals surface area contributed by atoms with Gasteiger partial charge in [-0.05, 0) is 36.5 Å². The molecule has 1 aliphatic rings. The van der Waals surface area contributed by atoms with Crippen LogP contribution in [0.15, 0.2) is 12.1 Å². The van der Waals surface area contributed by atoms with Crippen LogP contribution in [0.1, 0.15) is 49.1 Å². The molecule has 1 amide bonds. The predicted octanol–water partition coefficient (Wildman–Crippen LogP) is 4.58. The van der Waals surface area contributed by atoms with Gasteiger partial charge >= 0.3 is 0 Å². The molecule has 0 aromatic heterocycles. The number of hydrogen-bond donors (Lipinski definition) is 1. The van der Waals surface area contributed by atoms with Crippen LogP contribution in [0.4, 0.5) is 10.1 Å². The predicted molar refractivity (Wildman–Crippen MR) is 79.1 cm³/mol. The SMILES string of the molecule is CCCC(C)C(Br)c1cc2c(cc1F)NC(=O)CC2. The van der Waals surface area contributed by atoms with Crippen molar-refractivity contribution in [3.05, 3.63) is 29.1 Å². The van der Waals surface area contributed by atoms with Crippen molar-refractivity contribution < 1.29 is 9.18 Å². The first-order valence-corrected chi connectivity index (χ1v) is 7.70. The lowest BCUT2D eigenvalue weighted by molar-refractivity contribution is -0.116. The number of rotatable bonds is 4. The Kier molecular flexibility index (Phi) is 4.61. The number of halogens is 2. The zero-order chi connectivity index (χ0) is 14.0. The van der Waals surface area contributed by atoms with Crippen LogP contribution in [-0.4, -0.2) is 5.91 Å². The average Bonchev–Trinajstić information content (AvgIpc) is 2.37. The number of nitrogens with one attached hydrogen (secondary N) is 1. The van der Waals surface area contributed by atoms with E-state index in [1.165, 1.54) is 6.07 Å². The molecule has 0 saturated heterocycles. The molecule has 2 atom stereocenters. The van der Waals surface area contributed by atoms with Gasteiger partial charge in [-0.3, -0.25) is 4.79 Å². The van der Waals surface area contributed by atoms with Gasteiger partial charge in [0.15, 0.2) is 0 Å². The molecule has 1 heterocycles. The number of fused-ring (bicyclic) bond motifs is 1. The summed E-state index contributed by atoms with van der Waals surface area (Å²) in [5.41, 5.74) is 2.36. The first-order valence-electron chi connectivity index (χ1n) is 6.79. The monoisotopic (exact) mass is 327 g/mol. The van der Waals surface area contributed by atoms with Gasteiger partial charge in [0, 0.05) is 22.5 Å². The molecule has 4 heteroatoms. The highest BCUT2D eigenvalue weighted by Gasteiger charge is 2.23. The maximum absolute atomic E-state index is 14.2. The third-order valence-corrected chi connectivity index (χ3v) is 5.05. The number of carbonyl (C=O) groups is 1. The molecule has 0 aliphatic carbocycles. The van der Waals surface area contributed by atoms with Crippen LogP contribution < -0.4 is 5.32 Å². The number of alkyl halides is 1. The summed E-state index contributed by atoms with van der Waals surface area (Å²) >= 11 is 3.62. The van der Waals surface area contributed by atoms with E-state index in [4.69, 9.17) is 0 Å². The van der Waals surface area contributed by atoms with Crippen molar-refractivity contribution in [3.63, 3.8) is 0 Å². The largest absolute Gasteiger partial charge is 0.326 e. The van der Waals surface area contributed by atoms with Gasteiger partial charge in [-0.1, -0.05) is 36.2 Å². The molecule has 2 rings (SSSR count). The molecule has 2 nitrogen and oxygen atoms in total. The Labute approximate surface area is 121 Å². The Hall–Kier alpha value is -0.900. The molecule has 2 unspecified atom stereocenters. The highest BCUT2D eigenvalue weighted by atomic mass is 79.9. The van der Waals surface area contributed by atoms with E-state index in [9.17, 15) is 9.18 Å². The van der Waals surface area contributed by atoms with Crippen molar-refractivity contribution in [2.24, 2.45) is 5.92 Å². The topological polar surface area (TPSA) is 29.1 Å². The van der Waals surface area contributed by atoms with Gasteiger partial charge in [0.2, 0.25) is 5.91 Å². The van der Waals surface area contributed by atoms with Crippen molar-refractivity contribution in [3.8, 4) is 0 Å². The Balaban J connectivity index is 2.29. The molecular weight excluding hydrogens is 309 g/mol. The molecule has 1 aromatic carbocycles.